The molecule has 0 spiro atoms. The highest BCUT2D eigenvalue weighted by atomic mass is 28.4. The summed E-state index contributed by atoms with van der Waals surface area (Å²) in [6.45, 7) is 6.14. The number of ether oxygens (including phenoxy) is 8. The predicted molar refractivity (Wildman–Crippen MR) is 237 cm³/mol. The van der Waals surface area contributed by atoms with Crippen LogP contribution in [0.5, 0.6) is 0 Å². The molecule has 2 fully saturated rings. The molecule has 3 heterocycles. The molecule has 0 N–H and O–H groups in total. The molecule has 0 unspecified atom stereocenters. The molecule has 0 radical (unpaired) electrons. The fourth-order valence-electron chi connectivity index (χ4n) is 8.27. The minimum absolute atomic E-state index is 0.262. The van der Waals surface area contributed by atoms with Gasteiger partial charge in [0.1, 0.15) is 54.9 Å². The third-order valence-electron chi connectivity index (χ3n) is 11.3. The van der Waals surface area contributed by atoms with Gasteiger partial charge in [0.05, 0.1) is 39.6 Å². The van der Waals surface area contributed by atoms with Crippen molar-refractivity contribution in [2.24, 2.45) is 0 Å². The van der Waals surface area contributed by atoms with Crippen LogP contribution in [0.2, 0.25) is 13.1 Å². The molecule has 0 bridgehead atoms. The van der Waals surface area contributed by atoms with Gasteiger partial charge in [-0.25, -0.2) is 0 Å². The lowest BCUT2D eigenvalue weighted by atomic mass is 9.92. The molecule has 5 aromatic rings. The molecule has 2 saturated heterocycles. The molecule has 326 valence electrons. The second-order valence-corrected chi connectivity index (χ2v) is 19.6. The van der Waals surface area contributed by atoms with Gasteiger partial charge in [0.2, 0.25) is 0 Å². The summed E-state index contributed by atoms with van der Waals surface area (Å²) >= 11 is 0. The van der Waals surface area contributed by atoms with E-state index in [0.717, 1.165) is 27.8 Å². The predicted octanol–water partition coefficient (Wildman–Crippen LogP) is 8.73. The molecule has 10 atom stereocenters. The maximum absolute atomic E-state index is 7.26. The first-order chi connectivity index (χ1) is 30.4. The molecule has 3 aliphatic rings. The second kappa shape index (κ2) is 21.8. The van der Waals surface area contributed by atoms with Gasteiger partial charge in [-0.1, -0.05) is 164 Å². The fourth-order valence-corrected chi connectivity index (χ4v) is 10.2. The Balaban J connectivity index is 1.12. The van der Waals surface area contributed by atoms with E-state index in [1.807, 2.05) is 141 Å². The van der Waals surface area contributed by atoms with E-state index < -0.39 is 69.8 Å². The number of fused-ring (bicyclic) bond motifs is 2. The van der Waals surface area contributed by atoms with Gasteiger partial charge in [0.15, 0.2) is 6.29 Å². The van der Waals surface area contributed by atoms with Crippen LogP contribution >= 0.6 is 0 Å². The van der Waals surface area contributed by atoms with Gasteiger partial charge < -0.3 is 46.7 Å². The summed E-state index contributed by atoms with van der Waals surface area (Å²) in [5.74, 6) is 0. The molecule has 10 nitrogen and oxygen atoms in total. The van der Waals surface area contributed by atoms with Crippen LogP contribution in [0.25, 0.3) is 0 Å². The van der Waals surface area contributed by atoms with E-state index in [1.165, 1.54) is 0 Å². The SMILES string of the molecule is CO[C@H]1O[C@@H]2C=C[C@H]3O[C@H](COCc4ccccc4)[C@@H](OCc4ccccc4)[C@H](OCc4ccccc4)[C@H]3O[Si](C)(C)O[C@H]2[C@H](OCc2ccccc2)[C@H]1OCc1ccccc1. The zero-order valence-corrected chi connectivity index (χ0v) is 36.7. The lowest BCUT2D eigenvalue weighted by Gasteiger charge is -2.48. The number of rotatable bonds is 17. The maximum atomic E-state index is 7.26. The normalized spacial score (nSPS) is 28.2. The molecule has 5 aromatic carbocycles. The molecule has 0 aromatic heterocycles. The number of hydrogen-bond acceptors (Lipinski definition) is 10. The van der Waals surface area contributed by atoms with Crippen LogP contribution in [0.3, 0.4) is 0 Å². The topological polar surface area (TPSA) is 92.3 Å². The number of benzene rings is 5. The number of hydrogen-bond donors (Lipinski definition) is 0. The lowest BCUT2D eigenvalue weighted by Crippen LogP contribution is -2.64. The Morgan fingerprint density at radius 1 is 0.435 bits per heavy atom. The highest BCUT2D eigenvalue weighted by Crippen LogP contribution is 2.38. The average Bonchev–Trinajstić information content (AvgIpc) is 3.36. The largest absolute Gasteiger partial charge is 0.385 e. The highest BCUT2D eigenvalue weighted by Gasteiger charge is 2.54. The third-order valence-corrected chi connectivity index (χ3v) is 13.0. The van der Waals surface area contributed by atoms with Crippen molar-refractivity contribution in [3.63, 3.8) is 0 Å². The minimum Gasteiger partial charge on any atom is -0.385 e. The summed E-state index contributed by atoms with van der Waals surface area (Å²) < 4.78 is 68.0. The van der Waals surface area contributed by atoms with Crippen molar-refractivity contribution < 1.29 is 46.7 Å². The fraction of sp³-hybridized carbons (Fsp3) is 0.373. The van der Waals surface area contributed by atoms with Crippen LogP contribution in [0.1, 0.15) is 27.8 Å². The van der Waals surface area contributed by atoms with Crippen LogP contribution in [-0.4, -0.2) is 83.5 Å². The van der Waals surface area contributed by atoms with Crippen molar-refractivity contribution in [1.29, 1.82) is 0 Å². The Morgan fingerprint density at radius 3 is 1.21 bits per heavy atom. The van der Waals surface area contributed by atoms with Crippen molar-refractivity contribution in [3.05, 3.63) is 192 Å². The Bertz CT molecular complexity index is 2080. The van der Waals surface area contributed by atoms with Crippen LogP contribution < -0.4 is 0 Å². The standard InChI is InChI=1S/C51H58O10Si/c1-52-51-50(57-35-41-27-17-8-18-28-41)49(56-34-40-25-15-7-16-26-40)47-43(59-51)30-29-42-46(60-62(2,3)61-47)48(55-33-39-23-13-6-14-24-39)45(54-32-38-21-11-5-12-22-38)44(58-42)36-53-31-37-19-9-4-10-20-37/h4-30,42-51H,31-36H2,1-3H3/t42-,43-,44-,45-,46+,47-,48+,49+,50-,51+/m1/s1. The zero-order chi connectivity index (χ0) is 42.6. The first-order valence-corrected chi connectivity index (χ1v) is 24.4. The van der Waals surface area contributed by atoms with Gasteiger partial charge in [0, 0.05) is 7.11 Å². The molecule has 0 aliphatic carbocycles. The quantitative estimate of drug-likeness (QED) is 0.0668. The van der Waals surface area contributed by atoms with E-state index in [1.54, 1.807) is 7.11 Å². The molecule has 3 aliphatic heterocycles. The van der Waals surface area contributed by atoms with Crippen molar-refractivity contribution in [3.8, 4) is 0 Å². The first-order valence-electron chi connectivity index (χ1n) is 21.5. The average molecular weight is 859 g/mol. The van der Waals surface area contributed by atoms with Gasteiger partial charge in [-0.2, -0.15) is 0 Å². The smallest absolute Gasteiger partial charge is 0.332 e. The van der Waals surface area contributed by atoms with Gasteiger partial charge in [-0.15, -0.1) is 0 Å². The Labute approximate surface area is 366 Å². The zero-order valence-electron chi connectivity index (χ0n) is 35.7. The maximum Gasteiger partial charge on any atom is 0.332 e. The van der Waals surface area contributed by atoms with E-state index >= 15 is 0 Å². The Morgan fingerprint density at radius 2 is 0.790 bits per heavy atom. The molecule has 0 saturated carbocycles. The summed E-state index contributed by atoms with van der Waals surface area (Å²) in [5.41, 5.74) is 5.18. The summed E-state index contributed by atoms with van der Waals surface area (Å²) in [5, 5.41) is 0. The van der Waals surface area contributed by atoms with Gasteiger partial charge in [-0.3, -0.25) is 0 Å². The van der Waals surface area contributed by atoms with Crippen LogP contribution in [0.4, 0.5) is 0 Å². The molecular formula is C51H58O10Si. The van der Waals surface area contributed by atoms with Crippen LogP contribution in [0.15, 0.2) is 164 Å². The molecule has 8 rings (SSSR count). The lowest BCUT2D eigenvalue weighted by molar-refractivity contribution is -0.300. The van der Waals surface area contributed by atoms with E-state index in [0.29, 0.717) is 33.0 Å². The Kier molecular flexibility index (Phi) is 15.6. The summed E-state index contributed by atoms with van der Waals surface area (Å²) in [6, 6.07) is 50.5. The van der Waals surface area contributed by atoms with Gasteiger partial charge >= 0.3 is 8.56 Å². The first kappa shape index (κ1) is 44.3. The van der Waals surface area contributed by atoms with E-state index in [9.17, 15) is 0 Å². The molecule has 0 amide bonds. The van der Waals surface area contributed by atoms with E-state index in [4.69, 9.17) is 46.7 Å². The summed E-state index contributed by atoms with van der Waals surface area (Å²) in [4.78, 5) is 0. The van der Waals surface area contributed by atoms with Gasteiger partial charge in [0.25, 0.3) is 0 Å². The highest BCUT2D eigenvalue weighted by molar-refractivity contribution is 6.64. The Hall–Kier alpha value is -4.34. The minimum atomic E-state index is -3.12. The van der Waals surface area contributed by atoms with Crippen LogP contribution in [-0.2, 0) is 79.8 Å². The second-order valence-electron chi connectivity index (χ2n) is 16.3. The summed E-state index contributed by atoms with van der Waals surface area (Å²) in [6.07, 6.45) is -2.06. The molecular weight excluding hydrogens is 801 g/mol. The van der Waals surface area contributed by atoms with Gasteiger partial charge in [-0.05, 0) is 40.9 Å². The molecule has 11 heteroatoms. The van der Waals surface area contributed by atoms with E-state index in [-0.39, 0.29) is 6.61 Å². The molecule has 62 heavy (non-hydrogen) atoms. The van der Waals surface area contributed by atoms with Crippen LogP contribution in [0, 0.1) is 0 Å². The van der Waals surface area contributed by atoms with Crippen molar-refractivity contribution in [1.82, 2.24) is 0 Å². The summed E-state index contributed by atoms with van der Waals surface area (Å²) in [7, 11) is -1.49. The monoisotopic (exact) mass is 858 g/mol. The van der Waals surface area contributed by atoms with Crippen molar-refractivity contribution in [2.45, 2.75) is 107 Å². The van der Waals surface area contributed by atoms with E-state index in [2.05, 4.69) is 36.4 Å². The van der Waals surface area contributed by atoms with Crippen molar-refractivity contribution in [2.75, 3.05) is 13.7 Å². The third kappa shape index (κ3) is 11.8. The number of methoxy groups -OCH3 is 1. The van der Waals surface area contributed by atoms with Crippen molar-refractivity contribution >= 4 is 8.56 Å².